The first-order chi connectivity index (χ1) is 12.2. The van der Waals surface area contributed by atoms with Crippen molar-refractivity contribution < 1.29 is 9.21 Å². The first-order valence-corrected chi connectivity index (χ1v) is 8.73. The monoisotopic (exact) mass is 337 g/mol. The summed E-state index contributed by atoms with van der Waals surface area (Å²) in [4.78, 5) is 21.6. The number of furan rings is 1. The normalized spacial score (nSPS) is 15.8. The summed E-state index contributed by atoms with van der Waals surface area (Å²) in [5, 5.41) is 0. The van der Waals surface area contributed by atoms with Gasteiger partial charge in [0.2, 0.25) is 5.96 Å². The number of benzene rings is 1. The van der Waals surface area contributed by atoms with Crippen LogP contribution < -0.4 is 4.90 Å². The Kier molecular flexibility index (Phi) is 5.33. The molecule has 1 aliphatic rings. The fourth-order valence-corrected chi connectivity index (χ4v) is 2.89. The number of rotatable bonds is 6. The number of aliphatic imine (C=N–C) groups is 1. The van der Waals surface area contributed by atoms with Gasteiger partial charge in [0, 0.05) is 19.2 Å². The molecule has 0 unspecified atom stereocenters. The Morgan fingerprint density at radius 2 is 1.80 bits per heavy atom. The summed E-state index contributed by atoms with van der Waals surface area (Å²) in [5.41, 5.74) is 1.22. The lowest BCUT2D eigenvalue weighted by Crippen LogP contribution is -2.44. The molecule has 1 aliphatic heterocycles. The molecule has 2 heterocycles. The summed E-state index contributed by atoms with van der Waals surface area (Å²) < 4.78 is 5.35. The summed E-state index contributed by atoms with van der Waals surface area (Å²) in [7, 11) is 0. The van der Waals surface area contributed by atoms with Crippen molar-refractivity contribution in [2.75, 3.05) is 18.0 Å². The highest BCUT2D eigenvalue weighted by molar-refractivity contribution is 6.28. The Labute approximate surface area is 148 Å². The molecular weight excluding hydrogens is 314 g/mol. The standard InChI is InChI=1S/C20H23N3O2/c1-3-12-22(13-4-2)20-21-18(15-17-11-8-14-25-17)19(24)23(20)16-9-6-5-7-10-16/h5-11,14-15H,3-4,12-13H2,1-2H3/b18-15-. The third-order valence-corrected chi connectivity index (χ3v) is 3.95. The Balaban J connectivity index is 2.02. The van der Waals surface area contributed by atoms with Crippen LogP contribution in [0, 0.1) is 0 Å². The Morgan fingerprint density at radius 1 is 1.08 bits per heavy atom. The van der Waals surface area contributed by atoms with Gasteiger partial charge in [-0.05, 0) is 37.1 Å². The minimum absolute atomic E-state index is 0.130. The van der Waals surface area contributed by atoms with Gasteiger partial charge in [0.05, 0.1) is 12.0 Å². The molecule has 0 saturated carbocycles. The van der Waals surface area contributed by atoms with Crippen LogP contribution in [-0.4, -0.2) is 29.9 Å². The second-order valence-electron chi connectivity index (χ2n) is 5.92. The molecule has 0 saturated heterocycles. The number of hydrogen-bond acceptors (Lipinski definition) is 4. The molecule has 25 heavy (non-hydrogen) atoms. The van der Waals surface area contributed by atoms with Gasteiger partial charge < -0.3 is 9.32 Å². The van der Waals surface area contributed by atoms with Crippen molar-refractivity contribution in [1.29, 1.82) is 0 Å². The molecule has 5 heteroatoms. The van der Waals surface area contributed by atoms with Gasteiger partial charge in [-0.2, -0.15) is 0 Å². The van der Waals surface area contributed by atoms with Crippen LogP contribution in [0.1, 0.15) is 32.4 Å². The van der Waals surface area contributed by atoms with Crippen molar-refractivity contribution in [1.82, 2.24) is 4.90 Å². The maximum Gasteiger partial charge on any atom is 0.284 e. The topological polar surface area (TPSA) is 49.1 Å². The molecular formula is C20H23N3O2. The maximum atomic E-state index is 13.0. The van der Waals surface area contributed by atoms with Crippen LogP contribution in [0.25, 0.3) is 6.08 Å². The lowest BCUT2D eigenvalue weighted by atomic mass is 10.2. The van der Waals surface area contributed by atoms with E-state index in [4.69, 9.17) is 4.42 Å². The van der Waals surface area contributed by atoms with Crippen molar-refractivity contribution in [2.45, 2.75) is 26.7 Å². The van der Waals surface area contributed by atoms with Crippen molar-refractivity contribution in [3.8, 4) is 0 Å². The molecule has 1 aromatic carbocycles. The number of amides is 1. The SMILES string of the molecule is CCCN(CCC)C1=N/C(=C\c2ccco2)C(=O)N1c1ccccc1. The van der Waals surface area contributed by atoms with Gasteiger partial charge in [-0.15, -0.1) is 0 Å². The van der Waals surface area contributed by atoms with E-state index in [2.05, 4.69) is 23.7 Å². The molecule has 0 bridgehead atoms. The van der Waals surface area contributed by atoms with E-state index in [1.165, 1.54) is 0 Å². The highest BCUT2D eigenvalue weighted by Crippen LogP contribution is 2.26. The Morgan fingerprint density at radius 3 is 2.40 bits per heavy atom. The van der Waals surface area contributed by atoms with E-state index >= 15 is 0 Å². The van der Waals surface area contributed by atoms with Gasteiger partial charge in [0.15, 0.2) is 0 Å². The van der Waals surface area contributed by atoms with Crippen LogP contribution >= 0.6 is 0 Å². The average Bonchev–Trinajstić information content (AvgIpc) is 3.24. The molecule has 0 N–H and O–H groups in total. The number of guanidine groups is 1. The zero-order valence-corrected chi connectivity index (χ0v) is 14.7. The number of carbonyl (C=O) groups is 1. The van der Waals surface area contributed by atoms with E-state index in [9.17, 15) is 4.79 Å². The largest absolute Gasteiger partial charge is 0.465 e. The van der Waals surface area contributed by atoms with E-state index in [1.807, 2.05) is 36.4 Å². The van der Waals surface area contributed by atoms with Gasteiger partial charge in [-0.3, -0.25) is 4.79 Å². The van der Waals surface area contributed by atoms with E-state index < -0.39 is 0 Å². The molecule has 5 nitrogen and oxygen atoms in total. The van der Waals surface area contributed by atoms with Crippen molar-refractivity contribution in [3.63, 3.8) is 0 Å². The van der Waals surface area contributed by atoms with Crippen molar-refractivity contribution in [3.05, 3.63) is 60.2 Å². The van der Waals surface area contributed by atoms with Crippen LogP contribution in [-0.2, 0) is 4.79 Å². The first kappa shape index (κ1) is 17.0. The summed E-state index contributed by atoms with van der Waals surface area (Å²) >= 11 is 0. The third kappa shape index (κ3) is 3.65. The van der Waals surface area contributed by atoms with Gasteiger partial charge >= 0.3 is 0 Å². The number of hydrogen-bond donors (Lipinski definition) is 0. The fourth-order valence-electron chi connectivity index (χ4n) is 2.89. The number of carbonyl (C=O) groups excluding carboxylic acids is 1. The highest BCUT2D eigenvalue weighted by Gasteiger charge is 2.34. The van der Waals surface area contributed by atoms with E-state index in [-0.39, 0.29) is 5.91 Å². The number of para-hydroxylation sites is 1. The first-order valence-electron chi connectivity index (χ1n) is 8.73. The number of anilines is 1. The summed E-state index contributed by atoms with van der Waals surface area (Å²) in [6.45, 7) is 5.98. The van der Waals surface area contributed by atoms with Crippen LogP contribution in [0.4, 0.5) is 5.69 Å². The molecule has 0 aliphatic carbocycles. The molecule has 0 atom stereocenters. The van der Waals surface area contributed by atoms with Gasteiger partial charge in [0.1, 0.15) is 11.5 Å². The molecule has 1 amide bonds. The van der Waals surface area contributed by atoms with Crippen LogP contribution in [0.2, 0.25) is 0 Å². The average molecular weight is 337 g/mol. The highest BCUT2D eigenvalue weighted by atomic mass is 16.3. The zero-order chi connectivity index (χ0) is 17.6. The summed E-state index contributed by atoms with van der Waals surface area (Å²) in [6.07, 6.45) is 5.27. The van der Waals surface area contributed by atoms with Crippen LogP contribution in [0.5, 0.6) is 0 Å². The van der Waals surface area contributed by atoms with Gasteiger partial charge in [0.25, 0.3) is 5.91 Å². The van der Waals surface area contributed by atoms with Crippen LogP contribution in [0.3, 0.4) is 0 Å². The Bertz CT molecular complexity index is 758. The van der Waals surface area contributed by atoms with E-state index in [1.54, 1.807) is 23.3 Å². The number of nitrogens with zero attached hydrogens (tertiary/aromatic N) is 3. The lowest BCUT2D eigenvalue weighted by molar-refractivity contribution is -0.113. The molecule has 3 rings (SSSR count). The predicted octanol–water partition coefficient (Wildman–Crippen LogP) is 4.15. The minimum Gasteiger partial charge on any atom is -0.465 e. The summed E-state index contributed by atoms with van der Waals surface area (Å²) in [6, 6.07) is 13.3. The molecule has 0 fully saturated rings. The Hall–Kier alpha value is -2.82. The molecule has 2 aromatic rings. The second-order valence-corrected chi connectivity index (χ2v) is 5.92. The second kappa shape index (κ2) is 7.83. The quantitative estimate of drug-likeness (QED) is 0.744. The van der Waals surface area contributed by atoms with Gasteiger partial charge in [-0.1, -0.05) is 32.0 Å². The summed E-state index contributed by atoms with van der Waals surface area (Å²) in [5.74, 6) is 1.19. The zero-order valence-electron chi connectivity index (χ0n) is 14.7. The third-order valence-electron chi connectivity index (χ3n) is 3.95. The van der Waals surface area contributed by atoms with Crippen molar-refractivity contribution >= 4 is 23.6 Å². The van der Waals surface area contributed by atoms with Crippen molar-refractivity contribution in [2.24, 2.45) is 4.99 Å². The molecule has 1 aromatic heterocycles. The molecule has 130 valence electrons. The molecule has 0 radical (unpaired) electrons. The maximum absolute atomic E-state index is 13.0. The van der Waals surface area contributed by atoms with Gasteiger partial charge in [-0.25, -0.2) is 9.89 Å². The smallest absolute Gasteiger partial charge is 0.284 e. The fraction of sp³-hybridized carbons (Fsp3) is 0.300. The van der Waals surface area contributed by atoms with Crippen LogP contribution in [0.15, 0.2) is 63.8 Å². The lowest BCUT2D eigenvalue weighted by Gasteiger charge is -2.29. The predicted molar refractivity (Wildman–Crippen MR) is 100 cm³/mol. The minimum atomic E-state index is -0.130. The van der Waals surface area contributed by atoms with E-state index in [0.29, 0.717) is 17.4 Å². The van der Waals surface area contributed by atoms with E-state index in [0.717, 1.165) is 31.6 Å². The molecule has 0 spiro atoms.